The zero-order valence-corrected chi connectivity index (χ0v) is 11.8. The molecule has 1 N–H and O–H groups in total. The molecule has 102 valence electrons. The molecule has 0 aliphatic rings. The molecule has 1 heterocycles. The third-order valence-electron chi connectivity index (χ3n) is 2.44. The number of ether oxygens (including phenoxy) is 1. The van der Waals surface area contributed by atoms with E-state index in [1.54, 1.807) is 13.0 Å². The summed E-state index contributed by atoms with van der Waals surface area (Å²) in [5, 5.41) is 13.2. The fourth-order valence-corrected chi connectivity index (χ4v) is 1.89. The smallest absolute Gasteiger partial charge is 0.274 e. The fraction of sp³-hybridized carbons (Fsp3) is 0.364. The van der Waals surface area contributed by atoms with Crippen LogP contribution in [0, 0.1) is 0 Å². The zero-order chi connectivity index (χ0) is 14.0. The van der Waals surface area contributed by atoms with Crippen molar-refractivity contribution in [2.75, 3.05) is 0 Å². The summed E-state index contributed by atoms with van der Waals surface area (Å²) in [5.41, 5.74) is -0.197. The van der Waals surface area contributed by atoms with Crippen molar-refractivity contribution in [2.45, 2.75) is 25.9 Å². The second kappa shape index (κ2) is 5.20. The van der Waals surface area contributed by atoms with Crippen LogP contribution >= 0.6 is 15.9 Å². The van der Waals surface area contributed by atoms with Crippen LogP contribution in [-0.4, -0.2) is 20.6 Å². The summed E-state index contributed by atoms with van der Waals surface area (Å²) in [6.45, 7) is 2.48. The van der Waals surface area contributed by atoms with E-state index in [0.29, 0.717) is 10.3 Å². The number of rotatable bonds is 4. The highest BCUT2D eigenvalue weighted by molar-refractivity contribution is 9.10. The normalized spacial score (nSPS) is 13.3. The van der Waals surface area contributed by atoms with Crippen molar-refractivity contribution in [3.63, 3.8) is 0 Å². The van der Waals surface area contributed by atoms with Crippen LogP contribution in [0.1, 0.15) is 31.3 Å². The van der Waals surface area contributed by atoms with Crippen molar-refractivity contribution in [2.24, 2.45) is 0 Å². The molecular weight excluding hydrogens is 322 g/mol. The molecule has 0 saturated carbocycles. The first-order valence-electron chi connectivity index (χ1n) is 5.46. The molecular formula is C11H11BrF2N4O. The van der Waals surface area contributed by atoms with E-state index in [9.17, 15) is 8.78 Å². The van der Waals surface area contributed by atoms with Gasteiger partial charge in [-0.1, -0.05) is 21.1 Å². The van der Waals surface area contributed by atoms with Gasteiger partial charge in [-0.3, -0.25) is 0 Å². The number of nitrogens with one attached hydrogen (secondary N) is 1. The summed E-state index contributed by atoms with van der Waals surface area (Å²) in [5.74, 6) is -2.61. The van der Waals surface area contributed by atoms with E-state index in [-0.39, 0.29) is 11.3 Å². The minimum Gasteiger partial charge on any atom is -0.482 e. The van der Waals surface area contributed by atoms with Crippen molar-refractivity contribution in [3.8, 4) is 5.75 Å². The number of benzene rings is 1. The van der Waals surface area contributed by atoms with E-state index >= 15 is 0 Å². The number of hydrogen-bond donors (Lipinski definition) is 1. The van der Waals surface area contributed by atoms with E-state index in [0.717, 1.165) is 6.92 Å². The van der Waals surface area contributed by atoms with E-state index in [1.165, 1.54) is 12.1 Å². The summed E-state index contributed by atoms with van der Waals surface area (Å²) < 4.78 is 33.1. The van der Waals surface area contributed by atoms with Gasteiger partial charge in [0.2, 0.25) is 5.82 Å². The largest absolute Gasteiger partial charge is 0.482 e. The van der Waals surface area contributed by atoms with Crippen molar-refractivity contribution in [3.05, 3.63) is 34.1 Å². The quantitative estimate of drug-likeness (QED) is 0.933. The number of hydrogen-bond acceptors (Lipinski definition) is 4. The Morgan fingerprint density at radius 1 is 1.42 bits per heavy atom. The van der Waals surface area contributed by atoms with Crippen LogP contribution in [0.5, 0.6) is 5.75 Å². The predicted molar refractivity (Wildman–Crippen MR) is 66.9 cm³/mol. The number of aromatic nitrogens is 4. The van der Waals surface area contributed by atoms with Crippen molar-refractivity contribution in [1.82, 2.24) is 20.6 Å². The second-order valence-electron chi connectivity index (χ2n) is 4.06. The van der Waals surface area contributed by atoms with E-state index in [1.807, 2.05) is 0 Å². The van der Waals surface area contributed by atoms with Crippen molar-refractivity contribution in [1.29, 1.82) is 0 Å². The molecule has 0 bridgehead atoms. The molecule has 0 amide bonds. The molecule has 1 unspecified atom stereocenters. The van der Waals surface area contributed by atoms with Crippen LogP contribution in [0.3, 0.4) is 0 Å². The molecule has 19 heavy (non-hydrogen) atoms. The Morgan fingerprint density at radius 3 is 2.74 bits per heavy atom. The number of nitrogens with zero attached hydrogens (tertiary/aromatic N) is 3. The molecule has 1 aromatic carbocycles. The highest BCUT2D eigenvalue weighted by Gasteiger charge is 2.30. The summed E-state index contributed by atoms with van der Waals surface area (Å²) >= 11 is 3.17. The third-order valence-corrected chi connectivity index (χ3v) is 2.94. The van der Waals surface area contributed by atoms with Crippen molar-refractivity contribution >= 4 is 15.9 Å². The van der Waals surface area contributed by atoms with Gasteiger partial charge in [0.15, 0.2) is 6.10 Å². The maximum absolute atomic E-state index is 13.5. The van der Waals surface area contributed by atoms with Gasteiger partial charge < -0.3 is 4.74 Å². The summed E-state index contributed by atoms with van der Waals surface area (Å²) in [4.78, 5) is 0. The van der Waals surface area contributed by atoms with Crippen LogP contribution in [0.15, 0.2) is 22.7 Å². The van der Waals surface area contributed by atoms with Crippen molar-refractivity contribution < 1.29 is 13.5 Å². The monoisotopic (exact) mass is 332 g/mol. The summed E-state index contributed by atoms with van der Waals surface area (Å²) in [7, 11) is 0. The highest BCUT2D eigenvalue weighted by Crippen LogP contribution is 2.37. The molecule has 8 heteroatoms. The van der Waals surface area contributed by atoms with Gasteiger partial charge in [0, 0.05) is 11.4 Å². The van der Waals surface area contributed by atoms with Gasteiger partial charge in [0.05, 0.1) is 5.56 Å². The standard InChI is InChI=1S/C11H11BrF2N4O/c1-6(10-15-17-18-16-10)19-9-4-3-7(12)5-8(9)11(2,13)14/h3-6H,1-2H3,(H,15,16,17,18). The first-order valence-corrected chi connectivity index (χ1v) is 6.25. The van der Waals surface area contributed by atoms with E-state index in [4.69, 9.17) is 4.74 Å². The first kappa shape index (κ1) is 13.9. The van der Waals surface area contributed by atoms with Crippen LogP contribution in [-0.2, 0) is 5.92 Å². The van der Waals surface area contributed by atoms with Gasteiger partial charge in [-0.25, -0.2) is 8.78 Å². The lowest BCUT2D eigenvalue weighted by Gasteiger charge is -2.19. The molecule has 0 radical (unpaired) electrons. The summed E-state index contributed by atoms with van der Waals surface area (Å²) in [6.07, 6.45) is -0.582. The van der Waals surface area contributed by atoms with Gasteiger partial charge in [-0.15, -0.1) is 10.2 Å². The topological polar surface area (TPSA) is 63.7 Å². The van der Waals surface area contributed by atoms with Gasteiger partial charge in [0.1, 0.15) is 5.75 Å². The van der Waals surface area contributed by atoms with Gasteiger partial charge in [-0.05, 0) is 25.1 Å². The van der Waals surface area contributed by atoms with E-state index < -0.39 is 12.0 Å². The molecule has 0 fully saturated rings. The molecule has 0 aliphatic heterocycles. The Balaban J connectivity index is 2.30. The van der Waals surface area contributed by atoms with Crippen LogP contribution < -0.4 is 4.74 Å². The maximum atomic E-state index is 13.5. The van der Waals surface area contributed by atoms with Gasteiger partial charge in [-0.2, -0.15) is 5.21 Å². The van der Waals surface area contributed by atoms with E-state index in [2.05, 4.69) is 36.6 Å². The third kappa shape index (κ3) is 3.25. The molecule has 0 saturated heterocycles. The number of H-pyrrole nitrogens is 1. The molecule has 2 rings (SSSR count). The van der Waals surface area contributed by atoms with Crippen LogP contribution in [0.2, 0.25) is 0 Å². The lowest BCUT2D eigenvalue weighted by Crippen LogP contribution is -2.13. The molecule has 2 aromatic rings. The molecule has 1 aromatic heterocycles. The van der Waals surface area contributed by atoms with Crippen LogP contribution in [0.4, 0.5) is 8.78 Å². The Hall–Kier alpha value is -1.57. The fourth-order valence-electron chi connectivity index (χ4n) is 1.53. The maximum Gasteiger partial charge on any atom is 0.274 e. The Morgan fingerprint density at radius 2 is 2.16 bits per heavy atom. The lowest BCUT2D eigenvalue weighted by atomic mass is 10.1. The lowest BCUT2D eigenvalue weighted by molar-refractivity contribution is 0.0131. The minimum atomic E-state index is -3.00. The number of tetrazole rings is 1. The second-order valence-corrected chi connectivity index (χ2v) is 4.97. The Labute approximate surface area is 116 Å². The number of halogens is 3. The zero-order valence-electron chi connectivity index (χ0n) is 10.2. The van der Waals surface area contributed by atoms with Gasteiger partial charge in [0.25, 0.3) is 5.92 Å². The predicted octanol–water partition coefficient (Wildman–Crippen LogP) is 3.21. The molecule has 0 aliphatic carbocycles. The van der Waals surface area contributed by atoms with Crippen LogP contribution in [0.25, 0.3) is 0 Å². The van der Waals surface area contributed by atoms with Gasteiger partial charge >= 0.3 is 0 Å². The molecule has 5 nitrogen and oxygen atoms in total. The average molecular weight is 333 g/mol. The average Bonchev–Trinajstić information content (AvgIpc) is 2.83. The highest BCUT2D eigenvalue weighted by atomic mass is 79.9. The summed E-state index contributed by atoms with van der Waals surface area (Å²) in [6, 6.07) is 4.44. The Kier molecular flexibility index (Phi) is 3.79. The number of alkyl halides is 2. The Bertz CT molecular complexity index is 556. The molecule has 1 atom stereocenters. The number of aromatic amines is 1. The molecule has 0 spiro atoms. The first-order chi connectivity index (χ1) is 8.88. The SMILES string of the molecule is CC(Oc1ccc(Br)cc1C(C)(F)F)c1nn[nH]n1. The minimum absolute atomic E-state index is 0.0907.